The highest BCUT2D eigenvalue weighted by molar-refractivity contribution is 7.17. The average molecular weight is 433 g/mol. The van der Waals surface area contributed by atoms with Crippen molar-refractivity contribution in [3.8, 4) is 0 Å². The summed E-state index contributed by atoms with van der Waals surface area (Å²) in [5.41, 5.74) is 1.46. The van der Waals surface area contributed by atoms with Gasteiger partial charge in [0.15, 0.2) is 6.61 Å². The number of aryl methyl sites for hydroxylation is 3. The summed E-state index contributed by atoms with van der Waals surface area (Å²) in [5, 5.41) is 7.05. The first-order chi connectivity index (χ1) is 14.2. The van der Waals surface area contributed by atoms with Gasteiger partial charge < -0.3 is 14.8 Å². The number of nitrogens with one attached hydrogen (secondary N) is 1. The molecule has 160 valence electrons. The lowest BCUT2D eigenvalue weighted by Gasteiger charge is -2.10. The van der Waals surface area contributed by atoms with E-state index in [0.29, 0.717) is 21.8 Å². The van der Waals surface area contributed by atoms with Crippen LogP contribution in [0.5, 0.6) is 0 Å². The first kappa shape index (κ1) is 21.7. The van der Waals surface area contributed by atoms with E-state index in [0.717, 1.165) is 34.4 Å². The summed E-state index contributed by atoms with van der Waals surface area (Å²) in [5.74, 6) is -1.97. The van der Waals surface area contributed by atoms with Crippen LogP contribution in [-0.4, -0.2) is 40.8 Å². The molecule has 1 aliphatic carbocycles. The third kappa shape index (κ3) is 4.13. The van der Waals surface area contributed by atoms with E-state index in [1.807, 2.05) is 0 Å². The summed E-state index contributed by atoms with van der Waals surface area (Å²) >= 11 is 1.34. The number of fused-ring (bicyclic) bond motifs is 1. The molecule has 0 aliphatic heterocycles. The number of carbonyl (C=O) groups is 3. The fourth-order valence-corrected chi connectivity index (χ4v) is 4.66. The van der Waals surface area contributed by atoms with Gasteiger partial charge in [-0.25, -0.2) is 14.3 Å². The second-order valence-corrected chi connectivity index (χ2v) is 8.03. The van der Waals surface area contributed by atoms with E-state index in [9.17, 15) is 19.2 Å². The normalized spacial score (nSPS) is 12.4. The van der Waals surface area contributed by atoms with Crippen molar-refractivity contribution in [3.05, 3.63) is 43.2 Å². The fraction of sp³-hybridized carbons (Fsp3) is 0.450. The second kappa shape index (κ2) is 8.78. The van der Waals surface area contributed by atoms with Crippen molar-refractivity contribution in [3.63, 3.8) is 0 Å². The average Bonchev–Trinajstić information content (AvgIpc) is 3.25. The van der Waals surface area contributed by atoms with Crippen LogP contribution in [0, 0.1) is 13.8 Å². The molecule has 0 aromatic carbocycles. The molecule has 10 heteroatoms. The predicted octanol–water partition coefficient (Wildman–Crippen LogP) is 1.92. The van der Waals surface area contributed by atoms with Crippen molar-refractivity contribution < 1.29 is 23.9 Å². The Kier molecular flexibility index (Phi) is 6.35. The van der Waals surface area contributed by atoms with Gasteiger partial charge in [-0.05, 0) is 51.2 Å². The summed E-state index contributed by atoms with van der Waals surface area (Å²) in [6.45, 7) is 4.63. The highest BCUT2D eigenvalue weighted by Gasteiger charge is 2.28. The van der Waals surface area contributed by atoms with Gasteiger partial charge in [-0.1, -0.05) is 0 Å². The molecule has 0 spiro atoms. The van der Waals surface area contributed by atoms with Gasteiger partial charge in [0.2, 0.25) is 0 Å². The van der Waals surface area contributed by atoms with Crippen LogP contribution in [0.2, 0.25) is 0 Å². The molecule has 2 heterocycles. The Morgan fingerprint density at radius 3 is 2.53 bits per heavy atom. The second-order valence-electron chi connectivity index (χ2n) is 6.92. The number of hydrogen-bond donors (Lipinski definition) is 1. The maximum atomic E-state index is 12.4. The van der Waals surface area contributed by atoms with Crippen molar-refractivity contribution >= 4 is 34.2 Å². The van der Waals surface area contributed by atoms with E-state index in [4.69, 9.17) is 9.47 Å². The maximum absolute atomic E-state index is 12.4. The van der Waals surface area contributed by atoms with Crippen molar-refractivity contribution in [2.24, 2.45) is 7.05 Å². The van der Waals surface area contributed by atoms with E-state index in [-0.39, 0.29) is 12.2 Å². The summed E-state index contributed by atoms with van der Waals surface area (Å²) in [4.78, 5) is 50.4. The van der Waals surface area contributed by atoms with Crippen LogP contribution < -0.4 is 10.9 Å². The van der Waals surface area contributed by atoms with Crippen molar-refractivity contribution in [1.29, 1.82) is 0 Å². The van der Waals surface area contributed by atoms with Gasteiger partial charge in [0.05, 0.1) is 17.9 Å². The minimum atomic E-state index is -0.895. The molecule has 0 fully saturated rings. The predicted molar refractivity (Wildman–Crippen MR) is 110 cm³/mol. The molecule has 0 saturated heterocycles. The molecule has 1 N–H and O–H groups in total. The highest BCUT2D eigenvalue weighted by Crippen LogP contribution is 2.39. The quantitative estimate of drug-likeness (QED) is 0.692. The topological polar surface area (TPSA) is 117 Å². The molecular weight excluding hydrogens is 410 g/mol. The van der Waals surface area contributed by atoms with Crippen LogP contribution in [0.25, 0.3) is 0 Å². The minimum absolute atomic E-state index is 0.153. The summed E-state index contributed by atoms with van der Waals surface area (Å²) in [6.07, 6.45) is 2.56. The molecule has 9 nitrogen and oxygen atoms in total. The number of rotatable bonds is 6. The lowest BCUT2D eigenvalue weighted by molar-refractivity contribution is -0.119. The Labute approximate surface area is 177 Å². The largest absolute Gasteiger partial charge is 0.462 e. The minimum Gasteiger partial charge on any atom is -0.462 e. The molecule has 0 radical (unpaired) electrons. The van der Waals surface area contributed by atoms with Gasteiger partial charge in [0.1, 0.15) is 10.6 Å². The number of thiophene rings is 1. The Morgan fingerprint density at radius 2 is 1.83 bits per heavy atom. The number of hydrogen-bond acceptors (Lipinski definition) is 8. The van der Waals surface area contributed by atoms with Crippen LogP contribution in [0.4, 0.5) is 5.00 Å². The molecule has 0 atom stereocenters. The zero-order chi connectivity index (χ0) is 22.0. The fourth-order valence-electron chi connectivity index (χ4n) is 3.37. The molecular formula is C20H23N3O6S. The molecule has 1 aliphatic rings. The van der Waals surface area contributed by atoms with E-state index in [1.165, 1.54) is 18.4 Å². The van der Waals surface area contributed by atoms with Gasteiger partial charge in [-0.3, -0.25) is 9.59 Å². The monoisotopic (exact) mass is 433 g/mol. The molecule has 3 rings (SSSR count). The standard InChI is InChI=1S/C20H23N3O6S/c1-5-28-20(27)16-12-7-6-8-13(12)30-17(16)21-14(24)9-29-19(26)15-10(2)11(3)22-23(4)18(15)25/h5-9H2,1-4H3,(H,21,24). The van der Waals surface area contributed by atoms with Crippen LogP contribution >= 0.6 is 11.3 Å². The van der Waals surface area contributed by atoms with Crippen molar-refractivity contribution in [2.45, 2.75) is 40.0 Å². The molecule has 0 bridgehead atoms. The molecule has 1 amide bonds. The molecule has 2 aromatic rings. The third-order valence-corrected chi connectivity index (χ3v) is 6.13. The third-order valence-electron chi connectivity index (χ3n) is 4.92. The Hall–Kier alpha value is -3.01. The van der Waals surface area contributed by atoms with Crippen molar-refractivity contribution in [2.75, 3.05) is 18.5 Å². The molecule has 0 saturated carbocycles. The Balaban J connectivity index is 1.73. The first-order valence-electron chi connectivity index (χ1n) is 9.57. The van der Waals surface area contributed by atoms with Gasteiger partial charge in [-0.15, -0.1) is 11.3 Å². The number of anilines is 1. The SMILES string of the molecule is CCOC(=O)c1c(NC(=O)COC(=O)c2c(C)c(C)nn(C)c2=O)sc2c1CCC2. The number of aromatic nitrogens is 2. The highest BCUT2D eigenvalue weighted by atomic mass is 32.1. The van der Waals surface area contributed by atoms with Crippen LogP contribution in [0.15, 0.2) is 4.79 Å². The molecule has 30 heavy (non-hydrogen) atoms. The first-order valence-corrected chi connectivity index (χ1v) is 10.4. The Bertz CT molecular complexity index is 1090. The van der Waals surface area contributed by atoms with Crippen LogP contribution in [0.1, 0.15) is 55.8 Å². The van der Waals surface area contributed by atoms with E-state index < -0.39 is 30.0 Å². The zero-order valence-electron chi connectivity index (χ0n) is 17.3. The number of amides is 1. The van der Waals surface area contributed by atoms with Gasteiger partial charge in [0.25, 0.3) is 11.5 Å². The van der Waals surface area contributed by atoms with Crippen molar-refractivity contribution in [1.82, 2.24) is 9.78 Å². The molecule has 2 aromatic heterocycles. The summed E-state index contributed by atoms with van der Waals surface area (Å²) < 4.78 is 11.2. The summed E-state index contributed by atoms with van der Waals surface area (Å²) in [6, 6.07) is 0. The van der Waals surface area contributed by atoms with Gasteiger partial charge >= 0.3 is 11.9 Å². The Morgan fingerprint density at radius 1 is 1.13 bits per heavy atom. The van der Waals surface area contributed by atoms with E-state index >= 15 is 0 Å². The number of nitrogens with zero attached hydrogens (tertiary/aromatic N) is 2. The number of carbonyl (C=O) groups excluding carboxylic acids is 3. The lowest BCUT2D eigenvalue weighted by atomic mass is 10.1. The van der Waals surface area contributed by atoms with Gasteiger partial charge in [-0.2, -0.15) is 5.10 Å². The van der Waals surface area contributed by atoms with E-state index in [2.05, 4.69) is 10.4 Å². The maximum Gasteiger partial charge on any atom is 0.344 e. The molecule has 0 unspecified atom stereocenters. The van der Waals surface area contributed by atoms with Gasteiger partial charge in [0, 0.05) is 11.9 Å². The van der Waals surface area contributed by atoms with Crippen LogP contribution in [-0.2, 0) is 34.2 Å². The number of ether oxygens (including phenoxy) is 2. The zero-order valence-corrected chi connectivity index (χ0v) is 18.1. The van der Waals surface area contributed by atoms with Crippen LogP contribution in [0.3, 0.4) is 0 Å². The smallest absolute Gasteiger partial charge is 0.344 e. The van der Waals surface area contributed by atoms with E-state index in [1.54, 1.807) is 20.8 Å². The summed E-state index contributed by atoms with van der Waals surface area (Å²) in [7, 11) is 1.44. The number of esters is 2. The lowest BCUT2D eigenvalue weighted by Crippen LogP contribution is -2.31.